The normalized spacial score (nSPS) is 12.4. The minimum atomic E-state index is -0.862. The molecule has 1 nitrogen and oxygen atoms in total. The molecule has 1 unspecified atom stereocenters. The number of benzene rings is 2. The van der Waals surface area contributed by atoms with E-state index in [1.165, 1.54) is 18.2 Å². The molecule has 0 aliphatic carbocycles. The minimum absolute atomic E-state index is 0.262. The Balaban J connectivity index is 2.35. The molecule has 1 N–H and O–H groups in total. The molecule has 0 aliphatic rings. The lowest BCUT2D eigenvalue weighted by molar-refractivity contribution is 0.479. The van der Waals surface area contributed by atoms with Crippen LogP contribution in [0.4, 0.5) is 13.2 Å². The number of likely N-dealkylation sites (N-methyl/N-ethyl adjacent to an activating group) is 1. The van der Waals surface area contributed by atoms with Crippen molar-refractivity contribution in [3.8, 4) is 0 Å². The predicted molar refractivity (Wildman–Crippen MR) is 77.6 cm³/mol. The Labute approximate surface area is 122 Å². The summed E-state index contributed by atoms with van der Waals surface area (Å²) in [6, 6.07) is 8.39. The second kappa shape index (κ2) is 6.76. The Morgan fingerprint density at radius 3 is 2.57 bits per heavy atom. The number of rotatable bonds is 5. The summed E-state index contributed by atoms with van der Waals surface area (Å²) in [7, 11) is 0. The molecule has 4 heteroatoms. The summed E-state index contributed by atoms with van der Waals surface area (Å²) in [4.78, 5) is 0. The lowest BCUT2D eigenvalue weighted by Gasteiger charge is -2.21. The Hall–Kier alpha value is -1.81. The van der Waals surface area contributed by atoms with E-state index in [-0.39, 0.29) is 23.8 Å². The third-order valence-corrected chi connectivity index (χ3v) is 3.52. The predicted octanol–water partition coefficient (Wildman–Crippen LogP) is 4.31. The van der Waals surface area contributed by atoms with Gasteiger partial charge in [-0.15, -0.1) is 0 Å². The van der Waals surface area contributed by atoms with Crippen LogP contribution in [-0.2, 0) is 6.42 Å². The molecule has 1 atom stereocenters. The molecular weight excluding hydrogens is 275 g/mol. The highest BCUT2D eigenvalue weighted by Crippen LogP contribution is 2.24. The first-order chi connectivity index (χ1) is 10.0. The molecule has 0 aromatic heterocycles. The quantitative estimate of drug-likeness (QED) is 0.866. The van der Waals surface area contributed by atoms with Gasteiger partial charge in [-0.05, 0) is 54.8 Å². The van der Waals surface area contributed by atoms with Gasteiger partial charge >= 0.3 is 0 Å². The third-order valence-electron chi connectivity index (χ3n) is 3.52. The molecule has 0 spiro atoms. The summed E-state index contributed by atoms with van der Waals surface area (Å²) in [5.41, 5.74) is 1.96. The van der Waals surface area contributed by atoms with Gasteiger partial charge in [0.1, 0.15) is 5.82 Å². The fourth-order valence-electron chi connectivity index (χ4n) is 2.45. The molecule has 0 amide bonds. The summed E-state index contributed by atoms with van der Waals surface area (Å²) in [6.07, 6.45) is 0.266. The monoisotopic (exact) mass is 293 g/mol. The molecule has 2 rings (SSSR count). The molecule has 0 fully saturated rings. The van der Waals surface area contributed by atoms with Gasteiger partial charge < -0.3 is 5.32 Å². The van der Waals surface area contributed by atoms with E-state index < -0.39 is 11.6 Å². The summed E-state index contributed by atoms with van der Waals surface area (Å²) in [6.45, 7) is 4.45. The molecule has 0 heterocycles. The second-order valence-corrected chi connectivity index (χ2v) is 5.03. The van der Waals surface area contributed by atoms with E-state index in [0.717, 1.165) is 17.2 Å². The molecule has 112 valence electrons. The van der Waals surface area contributed by atoms with Crippen molar-refractivity contribution in [1.82, 2.24) is 5.32 Å². The SMILES string of the molecule is CCNC(Cc1cccc(F)c1F)c1cc(F)ccc1C. The van der Waals surface area contributed by atoms with Crippen LogP contribution in [0.25, 0.3) is 0 Å². The van der Waals surface area contributed by atoms with Crippen molar-refractivity contribution in [1.29, 1.82) is 0 Å². The number of hydrogen-bond donors (Lipinski definition) is 1. The van der Waals surface area contributed by atoms with E-state index in [9.17, 15) is 13.2 Å². The van der Waals surface area contributed by atoms with E-state index in [1.807, 2.05) is 13.8 Å². The zero-order valence-corrected chi connectivity index (χ0v) is 12.1. The standard InChI is InChI=1S/C17H18F3N/c1-3-21-16(14-10-13(18)8-7-11(14)2)9-12-5-4-6-15(19)17(12)20/h4-8,10,16,21H,3,9H2,1-2H3. The first-order valence-corrected chi connectivity index (χ1v) is 6.95. The average molecular weight is 293 g/mol. The van der Waals surface area contributed by atoms with E-state index in [2.05, 4.69) is 5.32 Å². The zero-order chi connectivity index (χ0) is 15.4. The lowest BCUT2D eigenvalue weighted by Crippen LogP contribution is -2.24. The summed E-state index contributed by atoms with van der Waals surface area (Å²) in [5.74, 6) is -2.04. The molecule has 0 saturated carbocycles. The van der Waals surface area contributed by atoms with Crippen molar-refractivity contribution in [2.75, 3.05) is 6.54 Å². The maximum atomic E-state index is 13.8. The van der Waals surface area contributed by atoms with Gasteiger partial charge in [0.15, 0.2) is 11.6 Å². The third kappa shape index (κ3) is 3.64. The van der Waals surface area contributed by atoms with Crippen molar-refractivity contribution in [3.63, 3.8) is 0 Å². The minimum Gasteiger partial charge on any atom is -0.310 e. The van der Waals surface area contributed by atoms with Gasteiger partial charge in [0.05, 0.1) is 0 Å². The van der Waals surface area contributed by atoms with Gasteiger partial charge in [-0.1, -0.05) is 25.1 Å². The first-order valence-electron chi connectivity index (χ1n) is 6.95. The van der Waals surface area contributed by atoms with Crippen LogP contribution in [-0.4, -0.2) is 6.54 Å². The van der Waals surface area contributed by atoms with Crippen molar-refractivity contribution >= 4 is 0 Å². The Morgan fingerprint density at radius 2 is 1.86 bits per heavy atom. The van der Waals surface area contributed by atoms with Gasteiger partial charge in [-0.25, -0.2) is 13.2 Å². The van der Waals surface area contributed by atoms with Crippen molar-refractivity contribution in [2.45, 2.75) is 26.3 Å². The molecule has 21 heavy (non-hydrogen) atoms. The molecule has 0 radical (unpaired) electrons. The Morgan fingerprint density at radius 1 is 1.10 bits per heavy atom. The van der Waals surface area contributed by atoms with Gasteiger partial charge in [0.2, 0.25) is 0 Å². The highest BCUT2D eigenvalue weighted by Gasteiger charge is 2.17. The van der Waals surface area contributed by atoms with E-state index in [4.69, 9.17) is 0 Å². The number of hydrogen-bond acceptors (Lipinski definition) is 1. The van der Waals surface area contributed by atoms with Crippen LogP contribution in [0.1, 0.15) is 29.7 Å². The van der Waals surface area contributed by atoms with Gasteiger partial charge in [0.25, 0.3) is 0 Å². The zero-order valence-electron chi connectivity index (χ0n) is 12.1. The Kier molecular flexibility index (Phi) is 5.02. The summed E-state index contributed by atoms with van der Waals surface area (Å²) >= 11 is 0. The molecule has 0 aliphatic heterocycles. The van der Waals surface area contributed by atoms with Crippen LogP contribution in [0.3, 0.4) is 0 Å². The van der Waals surface area contributed by atoms with Gasteiger partial charge in [-0.2, -0.15) is 0 Å². The fraction of sp³-hybridized carbons (Fsp3) is 0.294. The highest BCUT2D eigenvalue weighted by molar-refractivity contribution is 5.32. The molecule has 0 saturated heterocycles. The first kappa shape index (κ1) is 15.6. The highest BCUT2D eigenvalue weighted by atomic mass is 19.2. The van der Waals surface area contributed by atoms with E-state index in [0.29, 0.717) is 6.54 Å². The molecular formula is C17H18F3N. The van der Waals surface area contributed by atoms with Crippen LogP contribution in [0.5, 0.6) is 0 Å². The molecule has 0 bridgehead atoms. The summed E-state index contributed by atoms with van der Waals surface area (Å²) in [5, 5.41) is 3.21. The number of aryl methyl sites for hydroxylation is 1. The molecule has 2 aromatic rings. The van der Waals surface area contributed by atoms with E-state index >= 15 is 0 Å². The van der Waals surface area contributed by atoms with Crippen molar-refractivity contribution in [2.24, 2.45) is 0 Å². The topological polar surface area (TPSA) is 12.0 Å². The van der Waals surface area contributed by atoms with E-state index in [1.54, 1.807) is 12.1 Å². The average Bonchev–Trinajstić information content (AvgIpc) is 2.46. The van der Waals surface area contributed by atoms with Crippen LogP contribution in [0, 0.1) is 24.4 Å². The van der Waals surface area contributed by atoms with Crippen molar-refractivity contribution < 1.29 is 13.2 Å². The number of halogens is 3. The summed E-state index contributed by atoms with van der Waals surface area (Å²) < 4.78 is 40.6. The Bertz CT molecular complexity index is 625. The number of nitrogens with one attached hydrogen (secondary N) is 1. The van der Waals surface area contributed by atoms with Crippen LogP contribution >= 0.6 is 0 Å². The van der Waals surface area contributed by atoms with Crippen LogP contribution in [0.2, 0.25) is 0 Å². The van der Waals surface area contributed by atoms with Gasteiger partial charge in [-0.3, -0.25) is 0 Å². The van der Waals surface area contributed by atoms with Crippen LogP contribution in [0.15, 0.2) is 36.4 Å². The lowest BCUT2D eigenvalue weighted by atomic mass is 9.95. The second-order valence-electron chi connectivity index (χ2n) is 5.03. The van der Waals surface area contributed by atoms with Gasteiger partial charge in [0, 0.05) is 6.04 Å². The fourth-order valence-corrected chi connectivity index (χ4v) is 2.45. The molecule has 2 aromatic carbocycles. The maximum Gasteiger partial charge on any atom is 0.162 e. The largest absolute Gasteiger partial charge is 0.310 e. The maximum absolute atomic E-state index is 13.8. The van der Waals surface area contributed by atoms with Crippen LogP contribution < -0.4 is 5.32 Å². The smallest absolute Gasteiger partial charge is 0.162 e. The van der Waals surface area contributed by atoms with Crippen molar-refractivity contribution in [3.05, 3.63) is 70.5 Å².